The molecule has 2 heteroatoms. The van der Waals surface area contributed by atoms with Gasteiger partial charge in [0.05, 0.1) is 0 Å². The second kappa shape index (κ2) is 3.40. The molecule has 1 nitrogen and oxygen atoms in total. The molecule has 0 heterocycles. The van der Waals surface area contributed by atoms with E-state index in [4.69, 9.17) is 1.70 Å². The molecule has 0 atom stereocenters. The monoisotopic (exact) mass is 246 g/mol. The Morgan fingerprint density at radius 1 is 1.22 bits per heavy atom. The number of hydrogen-bond donors (Lipinski definition) is 0. The third-order valence-corrected chi connectivity index (χ3v) is 2.01. The Labute approximate surface area is 78.0 Å². The van der Waals surface area contributed by atoms with Crippen LogP contribution in [0.5, 0.6) is 5.75 Å². The van der Waals surface area contributed by atoms with Crippen molar-refractivity contribution >= 4 is 0 Å². The summed E-state index contributed by atoms with van der Waals surface area (Å²) in [7, 11) is 0. The molecule has 0 saturated carbocycles. The second-order valence-corrected chi connectivity index (χ2v) is 2.67. The average Bonchev–Trinajstić information content (AvgIpc) is 1.90. The molecular formula is C7H7LaO. The molecule has 0 unspecified atom stereocenters. The Bertz CT molecular complexity index is 181. The average molecular weight is 246 g/mol. The zero-order valence-corrected chi connectivity index (χ0v) is 8.92. The van der Waals surface area contributed by atoms with Crippen molar-refractivity contribution in [1.82, 2.24) is 0 Å². The first-order valence-corrected chi connectivity index (χ1v) is 4.24. The predicted molar refractivity (Wildman–Crippen MR) is 31.8 cm³/mol. The molecule has 1 aromatic rings. The topological polar surface area (TPSA) is 9.23 Å². The number of aryl methyl sites for hydroxylation is 1. The van der Waals surface area contributed by atoms with Gasteiger partial charge in [0.1, 0.15) is 0 Å². The van der Waals surface area contributed by atoms with E-state index in [0.29, 0.717) is 34.3 Å². The Hall–Kier alpha value is 0.215. The molecular weight excluding hydrogens is 239 g/mol. The van der Waals surface area contributed by atoms with E-state index in [1.165, 1.54) is 5.56 Å². The van der Waals surface area contributed by atoms with Crippen molar-refractivity contribution in [3.05, 3.63) is 29.8 Å². The summed E-state index contributed by atoms with van der Waals surface area (Å²) < 4.78 is 5.14. The molecule has 0 radical (unpaired) electrons. The van der Waals surface area contributed by atoms with Crippen molar-refractivity contribution in [2.75, 3.05) is 0 Å². The Kier molecular flexibility index (Phi) is 2.77. The van der Waals surface area contributed by atoms with Crippen molar-refractivity contribution in [1.29, 1.82) is 0 Å². The summed E-state index contributed by atoms with van der Waals surface area (Å²) in [6.07, 6.45) is 0. The van der Waals surface area contributed by atoms with E-state index in [9.17, 15) is 0 Å². The first kappa shape index (κ1) is 7.32. The van der Waals surface area contributed by atoms with Gasteiger partial charge in [-0.2, -0.15) is 0 Å². The van der Waals surface area contributed by atoms with Crippen molar-refractivity contribution in [3.8, 4) is 5.75 Å². The van der Waals surface area contributed by atoms with E-state index >= 15 is 0 Å². The van der Waals surface area contributed by atoms with Gasteiger partial charge in [-0.1, -0.05) is 0 Å². The Morgan fingerprint density at radius 3 is 2.22 bits per heavy atom. The summed E-state index contributed by atoms with van der Waals surface area (Å²) in [4.78, 5) is 0. The fourth-order valence-electron chi connectivity index (χ4n) is 0.617. The number of rotatable bonds is 1. The van der Waals surface area contributed by atoms with Gasteiger partial charge in [-0.3, -0.25) is 0 Å². The molecule has 0 aromatic heterocycles. The fourth-order valence-corrected chi connectivity index (χ4v) is 1.11. The summed E-state index contributed by atoms with van der Waals surface area (Å²) >= 11 is 0.595. The minimum absolute atomic E-state index is 0.595. The number of hydrogen-bond acceptors (Lipinski definition) is 1. The zero-order chi connectivity index (χ0) is 6.69. The van der Waals surface area contributed by atoms with Crippen LogP contribution in [0.3, 0.4) is 0 Å². The van der Waals surface area contributed by atoms with Crippen LogP contribution in [0, 0.1) is 41.2 Å². The molecule has 1 aromatic carbocycles. The SMILES string of the molecule is Cc1ccc([O][La])cc1. The van der Waals surface area contributed by atoms with Crippen LogP contribution in [0.1, 0.15) is 5.56 Å². The molecule has 0 saturated heterocycles. The van der Waals surface area contributed by atoms with Crippen molar-refractivity contribution < 1.29 is 36.0 Å². The van der Waals surface area contributed by atoms with Gasteiger partial charge in [0, 0.05) is 0 Å². The molecule has 1 rings (SSSR count). The molecule has 0 aliphatic rings. The van der Waals surface area contributed by atoms with Gasteiger partial charge in [0.2, 0.25) is 0 Å². The summed E-state index contributed by atoms with van der Waals surface area (Å²) in [6.45, 7) is 2.07. The summed E-state index contributed by atoms with van der Waals surface area (Å²) in [6, 6.07) is 8.10. The quantitative estimate of drug-likeness (QED) is 0.734. The van der Waals surface area contributed by atoms with Gasteiger partial charge in [0.15, 0.2) is 0 Å². The molecule has 9 heavy (non-hydrogen) atoms. The molecule has 44 valence electrons. The van der Waals surface area contributed by atoms with E-state index in [1.54, 1.807) is 0 Å². The first-order valence-electron chi connectivity index (χ1n) is 2.76. The molecule has 0 amide bonds. The van der Waals surface area contributed by atoms with Crippen LogP contribution < -0.4 is 1.70 Å². The van der Waals surface area contributed by atoms with Gasteiger partial charge in [-0.25, -0.2) is 0 Å². The Balaban J connectivity index is 2.88. The van der Waals surface area contributed by atoms with Crippen LogP contribution in [0.2, 0.25) is 0 Å². The van der Waals surface area contributed by atoms with Crippen LogP contribution in [-0.2, 0) is 0 Å². The summed E-state index contributed by atoms with van der Waals surface area (Å²) in [5, 5.41) is 0. The van der Waals surface area contributed by atoms with Crippen LogP contribution in [0.25, 0.3) is 0 Å². The third kappa shape index (κ3) is 2.13. The van der Waals surface area contributed by atoms with E-state index in [0.717, 1.165) is 5.75 Å². The predicted octanol–water partition coefficient (Wildman–Crippen LogP) is 1.84. The fraction of sp³-hybridized carbons (Fsp3) is 0.143. The molecule has 0 fully saturated rings. The molecule has 0 aliphatic heterocycles. The van der Waals surface area contributed by atoms with Crippen LogP contribution in [0.15, 0.2) is 24.3 Å². The van der Waals surface area contributed by atoms with E-state index in [1.807, 2.05) is 12.1 Å². The van der Waals surface area contributed by atoms with Gasteiger partial charge in [-0.15, -0.1) is 0 Å². The maximum absolute atomic E-state index is 5.14. The third-order valence-electron chi connectivity index (χ3n) is 1.16. The summed E-state index contributed by atoms with van der Waals surface area (Å²) in [5.41, 5.74) is 1.28. The number of benzene rings is 1. The second-order valence-electron chi connectivity index (χ2n) is 1.93. The zero-order valence-electron chi connectivity index (χ0n) is 5.29. The first-order chi connectivity index (χ1) is 4.33. The molecule has 0 N–H and O–H groups in total. The molecule has 0 spiro atoms. The van der Waals surface area contributed by atoms with Crippen molar-refractivity contribution in [2.45, 2.75) is 6.92 Å². The van der Waals surface area contributed by atoms with Crippen LogP contribution >= 0.6 is 0 Å². The van der Waals surface area contributed by atoms with E-state index < -0.39 is 0 Å². The van der Waals surface area contributed by atoms with Crippen molar-refractivity contribution in [3.63, 3.8) is 0 Å². The Morgan fingerprint density at radius 2 is 1.78 bits per heavy atom. The van der Waals surface area contributed by atoms with Gasteiger partial charge in [0.25, 0.3) is 0 Å². The maximum atomic E-state index is 5.14. The standard InChI is InChI=1S/C7H8O.La/c1-6-2-4-7(8)5-3-6;/h2-5,8H,1H3;/q;+1/p-1. The molecule has 0 aliphatic carbocycles. The van der Waals surface area contributed by atoms with Gasteiger partial charge >= 0.3 is 78.5 Å². The molecule has 0 bridgehead atoms. The van der Waals surface area contributed by atoms with Gasteiger partial charge < -0.3 is 0 Å². The van der Waals surface area contributed by atoms with Gasteiger partial charge in [-0.05, 0) is 0 Å². The minimum atomic E-state index is 0.595. The van der Waals surface area contributed by atoms with Crippen LogP contribution in [0.4, 0.5) is 0 Å². The van der Waals surface area contributed by atoms with Crippen molar-refractivity contribution in [2.24, 2.45) is 0 Å². The van der Waals surface area contributed by atoms with E-state index in [-0.39, 0.29) is 0 Å². The summed E-state index contributed by atoms with van der Waals surface area (Å²) in [5.74, 6) is 0.991. The normalized spacial score (nSPS) is 8.89. The van der Waals surface area contributed by atoms with E-state index in [2.05, 4.69) is 19.1 Å². The van der Waals surface area contributed by atoms with Crippen LogP contribution in [-0.4, -0.2) is 0 Å².